The number of rotatable bonds is 6. The van der Waals surface area contributed by atoms with Crippen LogP contribution in [0.25, 0.3) is 10.8 Å². The first kappa shape index (κ1) is 15.9. The zero-order chi connectivity index (χ0) is 16.8. The second-order valence-electron chi connectivity index (χ2n) is 5.31. The number of hydrogen-bond acceptors (Lipinski definition) is 4. The van der Waals surface area contributed by atoms with Gasteiger partial charge in [-0.3, -0.25) is 0 Å². The van der Waals surface area contributed by atoms with Crippen molar-refractivity contribution in [3.63, 3.8) is 0 Å². The van der Waals surface area contributed by atoms with Gasteiger partial charge in [0.05, 0.1) is 12.8 Å². The molecular weight excluding hydrogens is 302 g/mol. The summed E-state index contributed by atoms with van der Waals surface area (Å²) in [5, 5.41) is 14.1. The summed E-state index contributed by atoms with van der Waals surface area (Å²) in [6.45, 7) is 2.90. The van der Waals surface area contributed by atoms with E-state index in [-0.39, 0.29) is 0 Å². The Kier molecular flexibility index (Phi) is 4.96. The molecule has 0 aliphatic heterocycles. The molecule has 0 aromatic heterocycles. The minimum Gasteiger partial charge on any atom is -0.490 e. The summed E-state index contributed by atoms with van der Waals surface area (Å²) in [6, 6.07) is 19.9. The molecule has 0 spiro atoms. The standard InChI is InChI=1S/C20H19NO3/c1-2-23-20-12-15(13-21-22)10-11-19(20)24-14-17-8-5-7-16-6-3-4-9-18(16)17/h3-13,22H,2,14H2,1H3. The molecule has 0 saturated heterocycles. The highest BCUT2D eigenvalue weighted by molar-refractivity contribution is 5.85. The number of fused-ring (bicyclic) bond motifs is 1. The van der Waals surface area contributed by atoms with Gasteiger partial charge in [-0.2, -0.15) is 0 Å². The van der Waals surface area contributed by atoms with Gasteiger partial charge in [-0.05, 0) is 41.5 Å². The molecule has 0 bridgehead atoms. The monoisotopic (exact) mass is 321 g/mol. The minimum atomic E-state index is 0.453. The van der Waals surface area contributed by atoms with Crippen LogP contribution in [-0.2, 0) is 6.61 Å². The summed E-state index contributed by atoms with van der Waals surface area (Å²) in [7, 11) is 0. The molecule has 0 unspecified atom stereocenters. The van der Waals surface area contributed by atoms with Crippen molar-refractivity contribution in [2.45, 2.75) is 13.5 Å². The van der Waals surface area contributed by atoms with Crippen molar-refractivity contribution >= 4 is 17.0 Å². The van der Waals surface area contributed by atoms with Gasteiger partial charge in [-0.25, -0.2) is 0 Å². The summed E-state index contributed by atoms with van der Waals surface area (Å²) < 4.78 is 11.6. The Hall–Kier alpha value is -3.01. The fourth-order valence-corrected chi connectivity index (χ4v) is 2.63. The third-order valence-electron chi connectivity index (χ3n) is 3.74. The molecule has 0 heterocycles. The van der Waals surface area contributed by atoms with Crippen LogP contribution in [0.4, 0.5) is 0 Å². The van der Waals surface area contributed by atoms with Crippen LogP contribution in [0, 0.1) is 0 Å². The maximum atomic E-state index is 8.66. The van der Waals surface area contributed by atoms with E-state index in [0.717, 1.165) is 11.1 Å². The maximum absolute atomic E-state index is 8.66. The molecule has 0 saturated carbocycles. The van der Waals surface area contributed by atoms with Gasteiger partial charge in [-0.15, -0.1) is 0 Å². The van der Waals surface area contributed by atoms with Crippen molar-refractivity contribution in [1.82, 2.24) is 0 Å². The van der Waals surface area contributed by atoms with E-state index in [4.69, 9.17) is 14.7 Å². The Bertz CT molecular complexity index is 853. The van der Waals surface area contributed by atoms with E-state index in [0.29, 0.717) is 24.7 Å². The smallest absolute Gasteiger partial charge is 0.161 e. The molecular formula is C20H19NO3. The summed E-state index contributed by atoms with van der Waals surface area (Å²) in [5.41, 5.74) is 1.87. The van der Waals surface area contributed by atoms with E-state index in [9.17, 15) is 0 Å². The van der Waals surface area contributed by atoms with Gasteiger partial charge in [0.2, 0.25) is 0 Å². The maximum Gasteiger partial charge on any atom is 0.161 e. The molecule has 0 aliphatic rings. The first-order valence-corrected chi connectivity index (χ1v) is 7.85. The van der Waals surface area contributed by atoms with Crippen molar-refractivity contribution < 1.29 is 14.7 Å². The van der Waals surface area contributed by atoms with E-state index in [1.165, 1.54) is 17.0 Å². The van der Waals surface area contributed by atoms with E-state index in [1.54, 1.807) is 6.07 Å². The Labute approximate surface area is 141 Å². The lowest BCUT2D eigenvalue weighted by Gasteiger charge is -2.13. The molecule has 3 aromatic rings. The molecule has 0 fully saturated rings. The van der Waals surface area contributed by atoms with Crippen molar-refractivity contribution in [1.29, 1.82) is 0 Å². The van der Waals surface area contributed by atoms with Crippen LogP contribution in [0.2, 0.25) is 0 Å². The molecule has 0 radical (unpaired) electrons. The minimum absolute atomic E-state index is 0.453. The van der Waals surface area contributed by atoms with Crippen molar-refractivity contribution in [3.8, 4) is 11.5 Å². The van der Waals surface area contributed by atoms with Gasteiger partial charge < -0.3 is 14.7 Å². The molecule has 3 aromatic carbocycles. The van der Waals surface area contributed by atoms with Gasteiger partial charge >= 0.3 is 0 Å². The lowest BCUT2D eigenvalue weighted by molar-refractivity contribution is 0.270. The molecule has 122 valence electrons. The Balaban J connectivity index is 1.85. The van der Waals surface area contributed by atoms with Crippen LogP contribution in [0.1, 0.15) is 18.1 Å². The predicted octanol–water partition coefficient (Wildman–Crippen LogP) is 4.63. The number of hydrogen-bond donors (Lipinski definition) is 1. The van der Waals surface area contributed by atoms with Crippen molar-refractivity contribution in [3.05, 3.63) is 71.8 Å². The number of benzene rings is 3. The molecule has 0 atom stereocenters. The fourth-order valence-electron chi connectivity index (χ4n) is 2.63. The van der Waals surface area contributed by atoms with Crippen LogP contribution >= 0.6 is 0 Å². The number of ether oxygens (including phenoxy) is 2. The topological polar surface area (TPSA) is 51.0 Å². The summed E-state index contributed by atoms with van der Waals surface area (Å²) in [6.07, 6.45) is 1.36. The Morgan fingerprint density at radius 1 is 0.958 bits per heavy atom. The molecule has 4 heteroatoms. The highest BCUT2D eigenvalue weighted by Gasteiger charge is 2.08. The van der Waals surface area contributed by atoms with Crippen LogP contribution in [0.15, 0.2) is 65.8 Å². The fraction of sp³-hybridized carbons (Fsp3) is 0.150. The molecule has 1 N–H and O–H groups in total. The Morgan fingerprint density at radius 3 is 2.62 bits per heavy atom. The van der Waals surface area contributed by atoms with E-state index >= 15 is 0 Å². The van der Waals surface area contributed by atoms with Gasteiger partial charge in [0.15, 0.2) is 11.5 Å². The van der Waals surface area contributed by atoms with E-state index in [1.807, 2.05) is 37.3 Å². The first-order chi connectivity index (χ1) is 11.8. The van der Waals surface area contributed by atoms with Crippen molar-refractivity contribution in [2.24, 2.45) is 5.16 Å². The van der Waals surface area contributed by atoms with Crippen LogP contribution in [0.5, 0.6) is 11.5 Å². The summed E-state index contributed by atoms with van der Waals surface area (Å²) >= 11 is 0. The Morgan fingerprint density at radius 2 is 1.79 bits per heavy atom. The third-order valence-corrected chi connectivity index (χ3v) is 3.74. The second kappa shape index (κ2) is 7.51. The first-order valence-electron chi connectivity index (χ1n) is 7.85. The quantitative estimate of drug-likeness (QED) is 0.409. The highest BCUT2D eigenvalue weighted by atomic mass is 16.5. The highest BCUT2D eigenvalue weighted by Crippen LogP contribution is 2.29. The number of nitrogens with zero attached hydrogens (tertiary/aromatic N) is 1. The zero-order valence-electron chi connectivity index (χ0n) is 13.5. The molecule has 3 rings (SSSR count). The summed E-state index contributed by atoms with van der Waals surface area (Å²) in [4.78, 5) is 0. The van der Waals surface area contributed by atoms with E-state index in [2.05, 4.69) is 29.4 Å². The molecule has 24 heavy (non-hydrogen) atoms. The lowest BCUT2D eigenvalue weighted by Crippen LogP contribution is -2.01. The van der Waals surface area contributed by atoms with Crippen LogP contribution < -0.4 is 9.47 Å². The van der Waals surface area contributed by atoms with Crippen molar-refractivity contribution in [2.75, 3.05) is 6.61 Å². The van der Waals surface area contributed by atoms with Gasteiger partial charge in [0.25, 0.3) is 0 Å². The largest absolute Gasteiger partial charge is 0.490 e. The zero-order valence-corrected chi connectivity index (χ0v) is 13.5. The number of oxime groups is 1. The summed E-state index contributed by atoms with van der Waals surface area (Å²) in [5.74, 6) is 1.30. The van der Waals surface area contributed by atoms with Gasteiger partial charge in [0.1, 0.15) is 6.61 Å². The second-order valence-corrected chi connectivity index (χ2v) is 5.31. The molecule has 4 nitrogen and oxygen atoms in total. The van der Waals surface area contributed by atoms with Gasteiger partial charge in [0, 0.05) is 5.56 Å². The lowest BCUT2D eigenvalue weighted by atomic mass is 10.1. The third kappa shape index (κ3) is 3.49. The predicted molar refractivity (Wildman–Crippen MR) is 95.3 cm³/mol. The SMILES string of the molecule is CCOc1cc(C=NO)ccc1OCc1cccc2ccccc12. The molecule has 0 amide bonds. The van der Waals surface area contributed by atoms with Crippen LogP contribution in [-0.4, -0.2) is 18.0 Å². The average molecular weight is 321 g/mol. The molecule has 0 aliphatic carbocycles. The average Bonchev–Trinajstić information content (AvgIpc) is 2.61. The van der Waals surface area contributed by atoms with Gasteiger partial charge in [-0.1, -0.05) is 47.6 Å². The van der Waals surface area contributed by atoms with E-state index < -0.39 is 0 Å². The normalized spacial score (nSPS) is 11.0. The van der Waals surface area contributed by atoms with Crippen LogP contribution in [0.3, 0.4) is 0 Å².